The van der Waals surface area contributed by atoms with E-state index < -0.39 is 0 Å². The van der Waals surface area contributed by atoms with Crippen molar-refractivity contribution in [3.05, 3.63) is 86.9 Å². The molecule has 0 saturated carbocycles. The molecule has 3 aromatic carbocycles. The van der Waals surface area contributed by atoms with Gasteiger partial charge in [0.05, 0.1) is 19.0 Å². The van der Waals surface area contributed by atoms with Crippen molar-refractivity contribution in [1.82, 2.24) is 0 Å². The number of rotatable bonds is 7. The summed E-state index contributed by atoms with van der Waals surface area (Å²) in [6, 6.07) is 18.1. The second-order valence-corrected chi connectivity index (χ2v) is 7.09. The molecule has 0 unspecified atom stereocenters. The zero-order chi connectivity index (χ0) is 19.9. The van der Waals surface area contributed by atoms with Gasteiger partial charge in [-0.3, -0.25) is 5.43 Å². The predicted molar refractivity (Wildman–Crippen MR) is 116 cm³/mol. The third-order valence-corrected chi connectivity index (χ3v) is 4.68. The Morgan fingerprint density at radius 2 is 1.64 bits per heavy atom. The van der Waals surface area contributed by atoms with Crippen molar-refractivity contribution in [3.63, 3.8) is 0 Å². The number of halogens is 3. The largest absolute Gasteiger partial charge is 0.493 e. The SMILES string of the molecule is COc1cc(/C=N/Nc2ccc(Cl)cc2)ccc1OCc1ccc(Cl)cc1Cl. The zero-order valence-corrected chi connectivity index (χ0v) is 17.2. The third-order valence-electron chi connectivity index (χ3n) is 3.84. The van der Waals surface area contributed by atoms with E-state index in [4.69, 9.17) is 44.3 Å². The highest BCUT2D eigenvalue weighted by Gasteiger charge is 2.08. The predicted octanol–water partition coefficient (Wildman–Crippen LogP) is 6.68. The summed E-state index contributed by atoms with van der Waals surface area (Å²) in [6.45, 7) is 0.303. The van der Waals surface area contributed by atoms with Crippen molar-refractivity contribution in [1.29, 1.82) is 0 Å². The summed E-state index contributed by atoms with van der Waals surface area (Å²) in [5, 5.41) is 6.04. The zero-order valence-electron chi connectivity index (χ0n) is 15.0. The lowest BCUT2D eigenvalue weighted by atomic mass is 10.2. The van der Waals surface area contributed by atoms with Crippen LogP contribution < -0.4 is 14.9 Å². The van der Waals surface area contributed by atoms with Crippen LogP contribution in [0, 0.1) is 0 Å². The second-order valence-electron chi connectivity index (χ2n) is 5.81. The van der Waals surface area contributed by atoms with Crippen molar-refractivity contribution < 1.29 is 9.47 Å². The maximum atomic E-state index is 6.18. The first kappa shape index (κ1) is 20.3. The molecule has 0 spiro atoms. The normalized spacial score (nSPS) is 10.9. The molecule has 0 fully saturated rings. The molecular weight excluding hydrogens is 419 g/mol. The minimum Gasteiger partial charge on any atom is -0.493 e. The molecule has 0 aliphatic carbocycles. The number of hydrogen-bond donors (Lipinski definition) is 1. The lowest BCUT2D eigenvalue weighted by Gasteiger charge is -2.12. The van der Waals surface area contributed by atoms with Crippen LogP contribution in [0.4, 0.5) is 5.69 Å². The summed E-state index contributed by atoms with van der Waals surface area (Å²) < 4.78 is 11.3. The Kier molecular flexibility index (Phi) is 7.04. The van der Waals surface area contributed by atoms with Crippen molar-refractivity contribution in [3.8, 4) is 11.5 Å². The fraction of sp³-hybridized carbons (Fsp3) is 0.0952. The van der Waals surface area contributed by atoms with Gasteiger partial charge in [-0.25, -0.2) is 0 Å². The van der Waals surface area contributed by atoms with Crippen LogP contribution in [0.3, 0.4) is 0 Å². The van der Waals surface area contributed by atoms with Gasteiger partial charge in [-0.05, 0) is 60.2 Å². The van der Waals surface area contributed by atoms with Gasteiger partial charge in [0.25, 0.3) is 0 Å². The Morgan fingerprint density at radius 1 is 0.893 bits per heavy atom. The first-order chi connectivity index (χ1) is 13.5. The van der Waals surface area contributed by atoms with E-state index >= 15 is 0 Å². The number of benzene rings is 3. The molecule has 0 saturated heterocycles. The Bertz CT molecular complexity index is 976. The molecule has 0 aliphatic rings. The van der Waals surface area contributed by atoms with Gasteiger partial charge in [0.2, 0.25) is 0 Å². The highest BCUT2D eigenvalue weighted by molar-refractivity contribution is 6.35. The van der Waals surface area contributed by atoms with Gasteiger partial charge in [0.15, 0.2) is 11.5 Å². The molecule has 0 atom stereocenters. The molecule has 4 nitrogen and oxygen atoms in total. The standard InChI is InChI=1S/C21H17Cl3N2O2/c1-27-21-10-14(12-25-26-18-7-5-16(22)6-8-18)2-9-20(21)28-13-15-3-4-17(23)11-19(15)24/h2-12,26H,13H2,1H3/b25-12+. The first-order valence-corrected chi connectivity index (χ1v) is 9.48. The lowest BCUT2D eigenvalue weighted by molar-refractivity contribution is 0.284. The van der Waals surface area contributed by atoms with E-state index in [2.05, 4.69) is 10.5 Å². The molecule has 144 valence electrons. The Balaban J connectivity index is 1.65. The van der Waals surface area contributed by atoms with Crippen molar-refractivity contribution in [2.45, 2.75) is 6.61 Å². The van der Waals surface area contributed by atoms with E-state index in [1.807, 2.05) is 36.4 Å². The van der Waals surface area contributed by atoms with Gasteiger partial charge in [0.1, 0.15) is 6.61 Å². The molecule has 0 bridgehead atoms. The van der Waals surface area contributed by atoms with E-state index in [1.165, 1.54) is 0 Å². The number of methoxy groups -OCH3 is 1. The average molecular weight is 436 g/mol. The molecule has 3 rings (SSSR count). The molecule has 0 amide bonds. The quantitative estimate of drug-likeness (QED) is 0.332. The van der Waals surface area contributed by atoms with Crippen LogP contribution in [-0.2, 0) is 6.61 Å². The summed E-state index contributed by atoms with van der Waals surface area (Å²) in [6.07, 6.45) is 1.69. The maximum absolute atomic E-state index is 6.18. The van der Waals surface area contributed by atoms with Crippen LogP contribution in [0.2, 0.25) is 15.1 Å². The number of nitrogens with one attached hydrogen (secondary N) is 1. The fourth-order valence-electron chi connectivity index (χ4n) is 2.38. The molecule has 3 aromatic rings. The number of hydrazone groups is 1. The van der Waals surface area contributed by atoms with E-state index in [-0.39, 0.29) is 0 Å². The number of ether oxygens (including phenoxy) is 2. The highest BCUT2D eigenvalue weighted by atomic mass is 35.5. The Labute approximate surface area is 178 Å². The summed E-state index contributed by atoms with van der Waals surface area (Å²) in [5.41, 5.74) is 5.48. The van der Waals surface area contributed by atoms with Crippen molar-refractivity contribution >= 4 is 46.7 Å². The Morgan fingerprint density at radius 3 is 2.36 bits per heavy atom. The second kappa shape index (κ2) is 9.69. The monoisotopic (exact) mass is 434 g/mol. The van der Waals surface area contributed by atoms with Crippen LogP contribution in [0.5, 0.6) is 11.5 Å². The van der Waals surface area contributed by atoms with Gasteiger partial charge in [-0.1, -0.05) is 40.9 Å². The van der Waals surface area contributed by atoms with E-state index in [9.17, 15) is 0 Å². The van der Waals surface area contributed by atoms with Crippen LogP contribution in [0.25, 0.3) is 0 Å². The van der Waals surface area contributed by atoms with E-state index in [0.717, 1.165) is 16.8 Å². The van der Waals surface area contributed by atoms with Crippen molar-refractivity contribution in [2.24, 2.45) is 5.10 Å². The average Bonchev–Trinajstić information content (AvgIpc) is 2.69. The van der Waals surface area contributed by atoms with E-state index in [0.29, 0.717) is 33.2 Å². The summed E-state index contributed by atoms with van der Waals surface area (Å²) >= 11 is 18.0. The minimum absolute atomic E-state index is 0.303. The van der Waals surface area contributed by atoms with Gasteiger partial charge < -0.3 is 9.47 Å². The van der Waals surface area contributed by atoms with Crippen molar-refractivity contribution in [2.75, 3.05) is 12.5 Å². The Hall–Kier alpha value is -2.40. The fourth-order valence-corrected chi connectivity index (χ4v) is 2.97. The molecule has 0 aliphatic heterocycles. The first-order valence-electron chi connectivity index (χ1n) is 8.34. The smallest absolute Gasteiger partial charge is 0.161 e. The number of nitrogens with zero attached hydrogens (tertiary/aromatic N) is 1. The molecule has 7 heteroatoms. The van der Waals surface area contributed by atoms with Crippen LogP contribution in [-0.4, -0.2) is 13.3 Å². The van der Waals surface area contributed by atoms with Gasteiger partial charge >= 0.3 is 0 Å². The summed E-state index contributed by atoms with van der Waals surface area (Å²) in [4.78, 5) is 0. The van der Waals surface area contributed by atoms with Gasteiger partial charge in [0, 0.05) is 20.6 Å². The van der Waals surface area contributed by atoms with Gasteiger partial charge in [-0.2, -0.15) is 5.10 Å². The maximum Gasteiger partial charge on any atom is 0.161 e. The number of anilines is 1. The topological polar surface area (TPSA) is 42.8 Å². The van der Waals surface area contributed by atoms with Crippen LogP contribution in [0.15, 0.2) is 65.8 Å². The van der Waals surface area contributed by atoms with Crippen LogP contribution >= 0.6 is 34.8 Å². The molecule has 28 heavy (non-hydrogen) atoms. The molecule has 1 N–H and O–H groups in total. The molecular formula is C21H17Cl3N2O2. The summed E-state index contributed by atoms with van der Waals surface area (Å²) in [7, 11) is 1.59. The molecule has 0 heterocycles. The minimum atomic E-state index is 0.303. The number of hydrogen-bond acceptors (Lipinski definition) is 4. The van der Waals surface area contributed by atoms with Gasteiger partial charge in [-0.15, -0.1) is 0 Å². The van der Waals surface area contributed by atoms with E-state index in [1.54, 1.807) is 37.6 Å². The molecule has 0 aromatic heterocycles. The summed E-state index contributed by atoms with van der Waals surface area (Å²) in [5.74, 6) is 1.21. The van der Waals surface area contributed by atoms with Crippen LogP contribution in [0.1, 0.15) is 11.1 Å². The molecule has 0 radical (unpaired) electrons. The third kappa shape index (κ3) is 5.55. The highest BCUT2D eigenvalue weighted by Crippen LogP contribution is 2.30. The lowest BCUT2D eigenvalue weighted by Crippen LogP contribution is -1.99.